The maximum absolute atomic E-state index is 5.97. The molecule has 2 rings (SSSR count). The minimum atomic E-state index is 0.204. The Morgan fingerprint density at radius 2 is 1.95 bits per heavy atom. The van der Waals surface area contributed by atoms with Crippen molar-refractivity contribution in [2.45, 2.75) is 58.5 Å². The second-order valence-electron chi connectivity index (χ2n) is 5.54. The standard InChI is InChI=1S/C15H26N4O2/c1-4-9-16-13-17-14(20-3)19-15(18-13)21-12-8-6-7-11(5-2)10-12/h11-12H,4-10H2,1-3H3,(H,16,17,18,19). The van der Waals surface area contributed by atoms with Crippen LogP contribution in [0, 0.1) is 5.92 Å². The van der Waals surface area contributed by atoms with Gasteiger partial charge in [0.15, 0.2) is 0 Å². The summed E-state index contributed by atoms with van der Waals surface area (Å²) in [6.45, 7) is 5.15. The molecule has 1 aromatic rings. The summed E-state index contributed by atoms with van der Waals surface area (Å²) in [7, 11) is 1.55. The van der Waals surface area contributed by atoms with Gasteiger partial charge in [0.05, 0.1) is 7.11 Å². The Morgan fingerprint density at radius 3 is 2.67 bits per heavy atom. The fourth-order valence-corrected chi connectivity index (χ4v) is 2.67. The van der Waals surface area contributed by atoms with E-state index in [2.05, 4.69) is 34.1 Å². The fourth-order valence-electron chi connectivity index (χ4n) is 2.67. The summed E-state index contributed by atoms with van der Waals surface area (Å²) >= 11 is 0. The van der Waals surface area contributed by atoms with E-state index in [1.165, 1.54) is 19.3 Å². The lowest BCUT2D eigenvalue weighted by Gasteiger charge is -2.28. The third-order valence-corrected chi connectivity index (χ3v) is 3.89. The van der Waals surface area contributed by atoms with Crippen molar-refractivity contribution >= 4 is 5.95 Å². The van der Waals surface area contributed by atoms with Crippen LogP contribution >= 0.6 is 0 Å². The number of nitrogens with one attached hydrogen (secondary N) is 1. The molecule has 1 aliphatic carbocycles. The van der Waals surface area contributed by atoms with Crippen molar-refractivity contribution in [3.8, 4) is 12.0 Å². The molecule has 2 atom stereocenters. The minimum Gasteiger partial charge on any atom is -0.467 e. The van der Waals surface area contributed by atoms with Gasteiger partial charge in [0.1, 0.15) is 6.10 Å². The molecule has 2 unspecified atom stereocenters. The van der Waals surface area contributed by atoms with Crippen LogP contribution in [0.2, 0.25) is 0 Å². The van der Waals surface area contributed by atoms with E-state index in [0.717, 1.165) is 31.7 Å². The van der Waals surface area contributed by atoms with Crippen LogP contribution in [0.3, 0.4) is 0 Å². The summed E-state index contributed by atoms with van der Waals surface area (Å²) in [5.74, 6) is 1.27. The number of nitrogens with zero attached hydrogens (tertiary/aromatic N) is 3. The zero-order valence-electron chi connectivity index (χ0n) is 13.3. The highest BCUT2D eigenvalue weighted by atomic mass is 16.5. The molecule has 0 aromatic carbocycles. The summed E-state index contributed by atoms with van der Waals surface area (Å²) in [5.41, 5.74) is 0. The monoisotopic (exact) mass is 294 g/mol. The molecular formula is C15H26N4O2. The first kappa shape index (κ1) is 15.8. The van der Waals surface area contributed by atoms with Gasteiger partial charge in [-0.1, -0.05) is 26.7 Å². The van der Waals surface area contributed by atoms with E-state index in [1.54, 1.807) is 7.11 Å². The highest BCUT2D eigenvalue weighted by Crippen LogP contribution is 2.29. The summed E-state index contributed by atoms with van der Waals surface area (Å²) in [5, 5.41) is 3.14. The maximum atomic E-state index is 5.97. The molecule has 0 bridgehead atoms. The molecular weight excluding hydrogens is 268 g/mol. The van der Waals surface area contributed by atoms with Crippen LogP contribution in [0.15, 0.2) is 0 Å². The Labute approximate surface area is 126 Å². The van der Waals surface area contributed by atoms with Gasteiger partial charge in [0.25, 0.3) is 0 Å². The summed E-state index contributed by atoms with van der Waals surface area (Å²) in [6.07, 6.45) is 7.10. The molecule has 118 valence electrons. The van der Waals surface area contributed by atoms with Gasteiger partial charge in [-0.15, -0.1) is 4.98 Å². The van der Waals surface area contributed by atoms with Gasteiger partial charge >= 0.3 is 12.0 Å². The molecule has 0 aliphatic heterocycles. The van der Waals surface area contributed by atoms with E-state index in [0.29, 0.717) is 18.0 Å². The molecule has 1 fully saturated rings. The molecule has 0 spiro atoms. The van der Waals surface area contributed by atoms with Gasteiger partial charge in [-0.05, 0) is 31.6 Å². The lowest BCUT2D eigenvalue weighted by atomic mass is 9.86. The van der Waals surface area contributed by atoms with E-state index in [1.807, 2.05) is 0 Å². The first-order valence-electron chi connectivity index (χ1n) is 7.95. The maximum Gasteiger partial charge on any atom is 0.324 e. The van der Waals surface area contributed by atoms with Crippen LogP contribution in [0.1, 0.15) is 52.4 Å². The van der Waals surface area contributed by atoms with Crippen LogP contribution in [-0.4, -0.2) is 34.7 Å². The molecule has 21 heavy (non-hydrogen) atoms. The van der Waals surface area contributed by atoms with E-state index >= 15 is 0 Å². The second kappa shape index (κ2) is 8.00. The first-order chi connectivity index (χ1) is 10.2. The molecule has 1 heterocycles. The van der Waals surface area contributed by atoms with Crippen LogP contribution in [0.4, 0.5) is 5.95 Å². The van der Waals surface area contributed by atoms with Crippen molar-refractivity contribution in [2.75, 3.05) is 19.0 Å². The zero-order chi connectivity index (χ0) is 15.1. The molecule has 6 heteroatoms. The predicted molar refractivity (Wildman–Crippen MR) is 81.8 cm³/mol. The van der Waals surface area contributed by atoms with Crippen LogP contribution < -0.4 is 14.8 Å². The van der Waals surface area contributed by atoms with Crippen molar-refractivity contribution in [3.63, 3.8) is 0 Å². The van der Waals surface area contributed by atoms with Gasteiger partial charge < -0.3 is 14.8 Å². The number of aromatic nitrogens is 3. The second-order valence-corrected chi connectivity index (χ2v) is 5.54. The summed E-state index contributed by atoms with van der Waals surface area (Å²) in [6, 6.07) is 0.656. The van der Waals surface area contributed by atoms with Crippen LogP contribution in [0.5, 0.6) is 12.0 Å². The predicted octanol–water partition coefficient (Wildman–Crippen LogP) is 3.05. The van der Waals surface area contributed by atoms with E-state index in [9.17, 15) is 0 Å². The molecule has 1 aromatic heterocycles. The number of hydrogen-bond donors (Lipinski definition) is 1. The Kier molecular flexibility index (Phi) is 6.02. The molecule has 6 nitrogen and oxygen atoms in total. The molecule has 0 radical (unpaired) electrons. The Morgan fingerprint density at radius 1 is 1.14 bits per heavy atom. The van der Waals surface area contributed by atoms with Crippen LogP contribution in [0.25, 0.3) is 0 Å². The van der Waals surface area contributed by atoms with Crippen molar-refractivity contribution in [3.05, 3.63) is 0 Å². The van der Waals surface area contributed by atoms with Crippen molar-refractivity contribution in [1.29, 1.82) is 0 Å². The third-order valence-electron chi connectivity index (χ3n) is 3.89. The van der Waals surface area contributed by atoms with Gasteiger partial charge in [-0.25, -0.2) is 0 Å². The first-order valence-corrected chi connectivity index (χ1v) is 7.95. The van der Waals surface area contributed by atoms with Gasteiger partial charge in [0, 0.05) is 6.54 Å². The average Bonchev–Trinajstić information content (AvgIpc) is 2.52. The van der Waals surface area contributed by atoms with E-state index < -0.39 is 0 Å². The van der Waals surface area contributed by atoms with E-state index in [4.69, 9.17) is 9.47 Å². The highest BCUT2D eigenvalue weighted by molar-refractivity contribution is 5.27. The highest BCUT2D eigenvalue weighted by Gasteiger charge is 2.23. The number of anilines is 1. The van der Waals surface area contributed by atoms with Crippen molar-refractivity contribution in [2.24, 2.45) is 5.92 Å². The smallest absolute Gasteiger partial charge is 0.324 e. The quantitative estimate of drug-likeness (QED) is 0.833. The topological polar surface area (TPSA) is 69.2 Å². The molecule has 1 N–H and O–H groups in total. The molecule has 0 saturated heterocycles. The lowest BCUT2D eigenvalue weighted by Crippen LogP contribution is -2.26. The average molecular weight is 294 g/mol. The summed E-state index contributed by atoms with van der Waals surface area (Å²) in [4.78, 5) is 12.7. The molecule has 1 saturated carbocycles. The van der Waals surface area contributed by atoms with Crippen molar-refractivity contribution in [1.82, 2.24) is 15.0 Å². The van der Waals surface area contributed by atoms with Gasteiger partial charge in [-0.2, -0.15) is 9.97 Å². The number of hydrogen-bond acceptors (Lipinski definition) is 6. The van der Waals surface area contributed by atoms with Crippen molar-refractivity contribution < 1.29 is 9.47 Å². The Hall–Kier alpha value is -1.59. The Balaban J connectivity index is 2.03. The largest absolute Gasteiger partial charge is 0.467 e. The van der Waals surface area contributed by atoms with Gasteiger partial charge in [0.2, 0.25) is 5.95 Å². The molecule has 0 amide bonds. The SMILES string of the molecule is CCCNc1nc(OC)nc(OC2CCCC(CC)C2)n1. The third kappa shape index (κ3) is 4.72. The number of methoxy groups -OCH3 is 1. The lowest BCUT2D eigenvalue weighted by molar-refractivity contribution is 0.110. The summed E-state index contributed by atoms with van der Waals surface area (Å²) < 4.78 is 11.1. The van der Waals surface area contributed by atoms with E-state index in [-0.39, 0.29) is 6.10 Å². The zero-order valence-corrected chi connectivity index (χ0v) is 13.3. The molecule has 1 aliphatic rings. The number of rotatable bonds is 7. The fraction of sp³-hybridized carbons (Fsp3) is 0.800. The number of ether oxygens (including phenoxy) is 2. The minimum absolute atomic E-state index is 0.204. The van der Waals surface area contributed by atoms with Gasteiger partial charge in [-0.3, -0.25) is 0 Å². The Bertz CT molecular complexity index is 442. The van der Waals surface area contributed by atoms with Crippen LogP contribution in [-0.2, 0) is 0 Å². The normalized spacial score (nSPS) is 21.9.